The Morgan fingerprint density at radius 2 is 2.09 bits per heavy atom. The molecule has 0 atom stereocenters. The molecule has 0 bridgehead atoms. The standard InChI is InChI=1S/C14H15N3O2S3/c1-17(22(18,19)13-3-2-9-20-13)8-7-16-11-4-6-15-12-5-10-21-14(11)12/h2-6,9-10H,7-8H2,1H3,(H,15,16). The summed E-state index contributed by atoms with van der Waals surface area (Å²) < 4.78 is 27.5. The number of hydrogen-bond acceptors (Lipinski definition) is 6. The van der Waals surface area contributed by atoms with Gasteiger partial charge in [0, 0.05) is 26.3 Å². The van der Waals surface area contributed by atoms with Gasteiger partial charge in [0.15, 0.2) is 0 Å². The fraction of sp³-hybridized carbons (Fsp3) is 0.214. The molecule has 3 aromatic rings. The molecule has 0 aliphatic heterocycles. The normalized spacial score (nSPS) is 12.1. The van der Waals surface area contributed by atoms with Crippen molar-refractivity contribution in [2.45, 2.75) is 4.21 Å². The lowest BCUT2D eigenvalue weighted by molar-refractivity contribution is 0.482. The third kappa shape index (κ3) is 3.00. The Kier molecular flexibility index (Phi) is 4.44. The van der Waals surface area contributed by atoms with E-state index in [-0.39, 0.29) is 0 Å². The van der Waals surface area contributed by atoms with Crippen LogP contribution in [0.2, 0.25) is 0 Å². The minimum absolute atomic E-state index is 0.375. The Hall–Kier alpha value is -1.48. The summed E-state index contributed by atoms with van der Waals surface area (Å²) >= 11 is 2.86. The zero-order chi connectivity index (χ0) is 15.6. The molecule has 8 heteroatoms. The van der Waals surface area contributed by atoms with Crippen LogP contribution in [0.15, 0.2) is 45.4 Å². The average Bonchev–Trinajstić information content (AvgIpc) is 3.18. The number of sulfonamides is 1. The highest BCUT2D eigenvalue weighted by molar-refractivity contribution is 7.91. The second kappa shape index (κ2) is 6.33. The summed E-state index contributed by atoms with van der Waals surface area (Å²) in [7, 11) is -1.78. The number of rotatable bonds is 6. The van der Waals surface area contributed by atoms with E-state index < -0.39 is 10.0 Å². The minimum atomic E-state index is -3.38. The second-order valence-electron chi connectivity index (χ2n) is 4.68. The molecule has 5 nitrogen and oxygen atoms in total. The molecule has 0 radical (unpaired) electrons. The Balaban J connectivity index is 1.65. The fourth-order valence-corrected chi connectivity index (χ4v) is 5.26. The van der Waals surface area contributed by atoms with E-state index in [9.17, 15) is 8.42 Å². The molecule has 0 unspecified atom stereocenters. The Bertz CT molecular complexity index is 856. The lowest BCUT2D eigenvalue weighted by atomic mass is 10.3. The third-order valence-corrected chi connectivity index (χ3v) is 7.41. The summed E-state index contributed by atoms with van der Waals surface area (Å²) in [6.07, 6.45) is 1.75. The van der Waals surface area contributed by atoms with Crippen LogP contribution in [-0.4, -0.2) is 37.8 Å². The number of hydrogen-bond donors (Lipinski definition) is 1. The van der Waals surface area contributed by atoms with E-state index in [1.54, 1.807) is 42.1 Å². The molecule has 0 spiro atoms. The monoisotopic (exact) mass is 353 g/mol. The van der Waals surface area contributed by atoms with E-state index in [1.807, 2.05) is 17.5 Å². The van der Waals surface area contributed by atoms with Gasteiger partial charge in [-0.05, 0) is 29.0 Å². The van der Waals surface area contributed by atoms with Crippen molar-refractivity contribution in [1.29, 1.82) is 0 Å². The zero-order valence-corrected chi connectivity index (χ0v) is 14.3. The van der Waals surface area contributed by atoms with Crippen molar-refractivity contribution in [3.63, 3.8) is 0 Å². The summed E-state index contributed by atoms with van der Waals surface area (Å²) in [4.78, 5) is 4.28. The van der Waals surface area contributed by atoms with Gasteiger partial charge in [0.1, 0.15) is 4.21 Å². The molecule has 0 aromatic carbocycles. The van der Waals surface area contributed by atoms with Crippen molar-refractivity contribution in [3.05, 3.63) is 41.2 Å². The highest BCUT2D eigenvalue weighted by Crippen LogP contribution is 2.26. The van der Waals surface area contributed by atoms with Crippen LogP contribution in [0.1, 0.15) is 0 Å². The molecule has 0 aliphatic carbocycles. The van der Waals surface area contributed by atoms with E-state index in [1.165, 1.54) is 15.6 Å². The van der Waals surface area contributed by atoms with E-state index in [0.717, 1.165) is 15.9 Å². The van der Waals surface area contributed by atoms with Crippen molar-refractivity contribution in [3.8, 4) is 0 Å². The Morgan fingerprint density at radius 1 is 1.23 bits per heavy atom. The van der Waals surface area contributed by atoms with Gasteiger partial charge in [0.25, 0.3) is 10.0 Å². The first kappa shape index (κ1) is 15.4. The molecule has 0 fully saturated rings. The zero-order valence-electron chi connectivity index (χ0n) is 11.9. The SMILES string of the molecule is CN(CCNc1ccnc2ccsc12)S(=O)(=O)c1cccs1. The van der Waals surface area contributed by atoms with Gasteiger partial charge in [0.2, 0.25) is 0 Å². The summed E-state index contributed by atoms with van der Waals surface area (Å²) in [5, 5.41) is 7.05. The highest BCUT2D eigenvalue weighted by atomic mass is 32.2. The van der Waals surface area contributed by atoms with Crippen molar-refractivity contribution in [1.82, 2.24) is 9.29 Å². The summed E-state index contributed by atoms with van der Waals surface area (Å²) in [6, 6.07) is 7.25. The summed E-state index contributed by atoms with van der Waals surface area (Å²) in [5.41, 5.74) is 1.94. The highest BCUT2D eigenvalue weighted by Gasteiger charge is 2.21. The van der Waals surface area contributed by atoms with Crippen LogP contribution in [-0.2, 0) is 10.0 Å². The average molecular weight is 353 g/mol. The maximum atomic E-state index is 12.3. The van der Waals surface area contributed by atoms with E-state index in [4.69, 9.17) is 0 Å². The van der Waals surface area contributed by atoms with Gasteiger partial charge < -0.3 is 5.32 Å². The Morgan fingerprint density at radius 3 is 2.86 bits per heavy atom. The topological polar surface area (TPSA) is 62.3 Å². The van der Waals surface area contributed by atoms with Gasteiger partial charge in [-0.2, -0.15) is 4.31 Å². The molecule has 3 heterocycles. The van der Waals surface area contributed by atoms with Crippen LogP contribution in [0.25, 0.3) is 10.2 Å². The van der Waals surface area contributed by atoms with Crippen LogP contribution in [0.3, 0.4) is 0 Å². The quantitative estimate of drug-likeness (QED) is 0.740. The molecule has 116 valence electrons. The lowest BCUT2D eigenvalue weighted by Crippen LogP contribution is -2.31. The molecule has 0 saturated carbocycles. The van der Waals surface area contributed by atoms with Crippen LogP contribution in [0.5, 0.6) is 0 Å². The maximum absolute atomic E-state index is 12.3. The van der Waals surface area contributed by atoms with Gasteiger partial charge in [0.05, 0.1) is 15.9 Å². The number of nitrogens with zero attached hydrogens (tertiary/aromatic N) is 2. The predicted molar refractivity (Wildman–Crippen MR) is 92.2 cm³/mol. The first-order chi connectivity index (χ1) is 10.6. The van der Waals surface area contributed by atoms with Gasteiger partial charge in [-0.3, -0.25) is 4.98 Å². The number of thiophene rings is 2. The van der Waals surface area contributed by atoms with E-state index >= 15 is 0 Å². The molecule has 0 amide bonds. The molecule has 3 rings (SSSR count). The maximum Gasteiger partial charge on any atom is 0.252 e. The van der Waals surface area contributed by atoms with Crippen LogP contribution >= 0.6 is 22.7 Å². The van der Waals surface area contributed by atoms with E-state index in [0.29, 0.717) is 17.3 Å². The molecule has 0 aliphatic rings. The smallest absolute Gasteiger partial charge is 0.252 e. The van der Waals surface area contributed by atoms with Gasteiger partial charge in [-0.1, -0.05) is 6.07 Å². The van der Waals surface area contributed by atoms with Gasteiger partial charge in [-0.25, -0.2) is 8.42 Å². The number of pyridine rings is 1. The molecule has 3 aromatic heterocycles. The molecular weight excluding hydrogens is 338 g/mol. The number of likely N-dealkylation sites (N-methyl/N-ethyl adjacent to an activating group) is 1. The molecule has 0 saturated heterocycles. The fourth-order valence-electron chi connectivity index (χ4n) is 2.04. The van der Waals surface area contributed by atoms with Crippen LogP contribution in [0, 0.1) is 0 Å². The van der Waals surface area contributed by atoms with Crippen molar-refractivity contribution in [2.75, 3.05) is 25.5 Å². The second-order valence-corrected chi connectivity index (χ2v) is 8.81. The van der Waals surface area contributed by atoms with Crippen LogP contribution < -0.4 is 5.32 Å². The molecular formula is C14H15N3O2S3. The van der Waals surface area contributed by atoms with E-state index in [2.05, 4.69) is 10.3 Å². The number of anilines is 1. The first-order valence-electron chi connectivity index (χ1n) is 6.65. The summed E-state index contributed by atoms with van der Waals surface area (Å²) in [6.45, 7) is 0.938. The number of aromatic nitrogens is 1. The third-order valence-electron chi connectivity index (χ3n) is 3.25. The predicted octanol–water partition coefficient (Wildman–Crippen LogP) is 3.09. The van der Waals surface area contributed by atoms with Gasteiger partial charge >= 0.3 is 0 Å². The van der Waals surface area contributed by atoms with Crippen LogP contribution in [0.4, 0.5) is 5.69 Å². The Labute approximate surface area is 137 Å². The lowest BCUT2D eigenvalue weighted by Gasteiger charge is -2.16. The minimum Gasteiger partial charge on any atom is -0.382 e. The molecule has 22 heavy (non-hydrogen) atoms. The summed E-state index contributed by atoms with van der Waals surface area (Å²) in [5.74, 6) is 0. The number of nitrogens with one attached hydrogen (secondary N) is 1. The first-order valence-corrected chi connectivity index (χ1v) is 9.85. The van der Waals surface area contributed by atoms with Crippen molar-refractivity contribution >= 4 is 48.6 Å². The number of fused-ring (bicyclic) bond motifs is 1. The molecule has 1 N–H and O–H groups in total. The van der Waals surface area contributed by atoms with Gasteiger partial charge in [-0.15, -0.1) is 22.7 Å². The van der Waals surface area contributed by atoms with Crippen molar-refractivity contribution < 1.29 is 8.42 Å². The largest absolute Gasteiger partial charge is 0.382 e. The van der Waals surface area contributed by atoms with Crippen molar-refractivity contribution in [2.24, 2.45) is 0 Å².